The first-order chi connectivity index (χ1) is 5.27. The van der Waals surface area contributed by atoms with E-state index in [9.17, 15) is 0 Å². The average Bonchev–Trinajstić information content (AvgIpc) is 2.04. The van der Waals surface area contributed by atoms with E-state index in [-0.39, 0.29) is 19.5 Å². The van der Waals surface area contributed by atoms with Crippen molar-refractivity contribution in [1.82, 2.24) is 0 Å². The Bertz CT molecular complexity index is 253. The fourth-order valence-corrected chi connectivity index (χ4v) is 1.02. The van der Waals surface area contributed by atoms with Crippen LogP contribution in [0, 0.1) is 0 Å². The molecule has 4 heteroatoms. The molecule has 62 valence electrons. The number of hydrogen-bond acceptors (Lipinski definition) is 2. The van der Waals surface area contributed by atoms with E-state index in [1.54, 1.807) is 32.4 Å². The second kappa shape index (κ2) is 5.39. The van der Waals surface area contributed by atoms with Crippen molar-refractivity contribution < 1.29 is 29.0 Å². The standard InChI is InChI=1S/C8H9ClO2.Zn/c1-10-6-3-4-8(11-2)7(9)5-6;/h3-5H,1-2H3;. The molecule has 0 saturated carbocycles. The van der Waals surface area contributed by atoms with Crippen LogP contribution in [-0.4, -0.2) is 14.2 Å². The minimum Gasteiger partial charge on any atom is -0.497 e. The number of rotatable bonds is 2. The molecular weight excluding hydrogens is 229 g/mol. The van der Waals surface area contributed by atoms with Crippen LogP contribution < -0.4 is 9.47 Å². The van der Waals surface area contributed by atoms with Gasteiger partial charge in [0.2, 0.25) is 0 Å². The van der Waals surface area contributed by atoms with Crippen LogP contribution in [0.4, 0.5) is 0 Å². The predicted octanol–water partition coefficient (Wildman–Crippen LogP) is 2.35. The Morgan fingerprint density at radius 3 is 2.25 bits per heavy atom. The summed E-state index contributed by atoms with van der Waals surface area (Å²) in [7, 11) is 3.17. The molecule has 1 rings (SSSR count). The molecule has 0 unspecified atom stereocenters. The maximum Gasteiger partial charge on any atom is 0.137 e. The first-order valence-electron chi connectivity index (χ1n) is 3.15. The molecule has 0 aromatic heterocycles. The zero-order valence-corrected chi connectivity index (χ0v) is 10.9. The predicted molar refractivity (Wildman–Crippen MR) is 44.6 cm³/mol. The Hall–Kier alpha value is -0.267. The largest absolute Gasteiger partial charge is 0.497 e. The van der Waals surface area contributed by atoms with Crippen molar-refractivity contribution in [2.45, 2.75) is 0 Å². The van der Waals surface area contributed by atoms with Gasteiger partial charge in [0, 0.05) is 25.5 Å². The van der Waals surface area contributed by atoms with Crippen molar-refractivity contribution in [1.29, 1.82) is 0 Å². The molecule has 0 radical (unpaired) electrons. The summed E-state index contributed by atoms with van der Waals surface area (Å²) < 4.78 is 9.91. The molecule has 1 aromatic carbocycles. The van der Waals surface area contributed by atoms with Crippen molar-refractivity contribution >= 4 is 11.6 Å². The molecule has 0 fully saturated rings. The van der Waals surface area contributed by atoms with Crippen LogP contribution >= 0.6 is 11.6 Å². The van der Waals surface area contributed by atoms with E-state index >= 15 is 0 Å². The first kappa shape index (κ1) is 11.7. The van der Waals surface area contributed by atoms with Crippen LogP contribution in [0.3, 0.4) is 0 Å². The third-order valence-electron chi connectivity index (χ3n) is 1.36. The van der Waals surface area contributed by atoms with Crippen molar-refractivity contribution in [2.75, 3.05) is 14.2 Å². The van der Waals surface area contributed by atoms with Gasteiger partial charge in [-0.15, -0.1) is 0 Å². The van der Waals surface area contributed by atoms with Crippen LogP contribution in [0.15, 0.2) is 18.2 Å². The molecule has 2 nitrogen and oxygen atoms in total. The average molecular weight is 238 g/mol. The van der Waals surface area contributed by atoms with E-state index in [0.717, 1.165) is 5.75 Å². The van der Waals surface area contributed by atoms with Crippen molar-refractivity contribution in [3.8, 4) is 11.5 Å². The third kappa shape index (κ3) is 2.65. The molecule has 0 bridgehead atoms. The molecule has 0 N–H and O–H groups in total. The Kier molecular flexibility index (Phi) is 5.27. The molecule has 0 aliphatic carbocycles. The van der Waals surface area contributed by atoms with Gasteiger partial charge in [-0.25, -0.2) is 0 Å². The number of methoxy groups -OCH3 is 2. The van der Waals surface area contributed by atoms with E-state index in [1.165, 1.54) is 0 Å². The zero-order valence-electron chi connectivity index (χ0n) is 7.13. The minimum absolute atomic E-state index is 0. The maximum atomic E-state index is 5.80. The van der Waals surface area contributed by atoms with Gasteiger partial charge in [-0.3, -0.25) is 0 Å². The number of halogens is 1. The number of hydrogen-bond donors (Lipinski definition) is 0. The molecule has 0 atom stereocenters. The maximum absolute atomic E-state index is 5.80. The molecule has 0 aliphatic rings. The van der Waals surface area contributed by atoms with Gasteiger partial charge in [0.1, 0.15) is 11.5 Å². The fourth-order valence-electron chi connectivity index (χ4n) is 0.774. The topological polar surface area (TPSA) is 18.5 Å². The van der Waals surface area contributed by atoms with Gasteiger partial charge < -0.3 is 9.47 Å². The van der Waals surface area contributed by atoms with Gasteiger partial charge in [0.15, 0.2) is 0 Å². The summed E-state index contributed by atoms with van der Waals surface area (Å²) in [4.78, 5) is 0. The summed E-state index contributed by atoms with van der Waals surface area (Å²) in [5.74, 6) is 1.39. The molecule has 0 saturated heterocycles. The Morgan fingerprint density at radius 1 is 1.17 bits per heavy atom. The summed E-state index contributed by atoms with van der Waals surface area (Å²) in [5.41, 5.74) is 0. The van der Waals surface area contributed by atoms with Crippen LogP contribution in [0.2, 0.25) is 5.02 Å². The summed E-state index contributed by atoms with van der Waals surface area (Å²) in [6.07, 6.45) is 0. The normalized spacial score (nSPS) is 8.58. The van der Waals surface area contributed by atoms with E-state index < -0.39 is 0 Å². The minimum atomic E-state index is 0. The van der Waals surface area contributed by atoms with Gasteiger partial charge >= 0.3 is 0 Å². The second-order valence-corrected chi connectivity index (χ2v) is 2.41. The first-order valence-corrected chi connectivity index (χ1v) is 3.53. The Balaban J connectivity index is 0.00000121. The van der Waals surface area contributed by atoms with Gasteiger partial charge in [-0.05, 0) is 12.1 Å². The smallest absolute Gasteiger partial charge is 0.137 e. The monoisotopic (exact) mass is 236 g/mol. The van der Waals surface area contributed by atoms with E-state index in [4.69, 9.17) is 21.1 Å². The van der Waals surface area contributed by atoms with Gasteiger partial charge in [0.25, 0.3) is 0 Å². The zero-order chi connectivity index (χ0) is 8.27. The number of benzene rings is 1. The van der Waals surface area contributed by atoms with Gasteiger partial charge in [-0.1, -0.05) is 11.6 Å². The van der Waals surface area contributed by atoms with E-state index in [1.807, 2.05) is 0 Å². The molecule has 0 heterocycles. The quantitative estimate of drug-likeness (QED) is 0.736. The van der Waals surface area contributed by atoms with E-state index in [2.05, 4.69) is 0 Å². The molecule has 1 aromatic rings. The van der Waals surface area contributed by atoms with Crippen LogP contribution in [0.1, 0.15) is 0 Å². The fraction of sp³-hybridized carbons (Fsp3) is 0.250. The van der Waals surface area contributed by atoms with Crippen molar-refractivity contribution in [3.05, 3.63) is 23.2 Å². The molecule has 12 heavy (non-hydrogen) atoms. The summed E-state index contributed by atoms with van der Waals surface area (Å²) in [6, 6.07) is 5.27. The third-order valence-corrected chi connectivity index (χ3v) is 1.65. The second-order valence-electron chi connectivity index (χ2n) is 2.00. The van der Waals surface area contributed by atoms with E-state index in [0.29, 0.717) is 10.8 Å². The van der Waals surface area contributed by atoms with Crippen LogP contribution in [-0.2, 0) is 19.5 Å². The molecular formula is C8H9ClO2Zn. The Morgan fingerprint density at radius 2 is 1.83 bits per heavy atom. The molecule has 0 aliphatic heterocycles. The van der Waals surface area contributed by atoms with Gasteiger partial charge in [-0.2, -0.15) is 0 Å². The van der Waals surface area contributed by atoms with Crippen LogP contribution in [0.5, 0.6) is 11.5 Å². The number of ether oxygens (including phenoxy) is 2. The van der Waals surface area contributed by atoms with Gasteiger partial charge in [0.05, 0.1) is 19.2 Å². The van der Waals surface area contributed by atoms with Crippen molar-refractivity contribution in [2.24, 2.45) is 0 Å². The Labute approximate surface area is 89.6 Å². The van der Waals surface area contributed by atoms with Crippen molar-refractivity contribution in [3.63, 3.8) is 0 Å². The molecule has 0 spiro atoms. The summed E-state index contributed by atoms with van der Waals surface area (Å²) in [6.45, 7) is 0. The molecule has 0 amide bonds. The van der Waals surface area contributed by atoms with Crippen LogP contribution in [0.25, 0.3) is 0 Å². The summed E-state index contributed by atoms with van der Waals surface area (Å²) in [5, 5.41) is 0.562. The SMILES string of the molecule is COc1ccc(OC)c(Cl)c1.[Zn]. The summed E-state index contributed by atoms with van der Waals surface area (Å²) >= 11 is 5.80.